The summed E-state index contributed by atoms with van der Waals surface area (Å²) in [4.78, 5) is 12.2. The van der Waals surface area contributed by atoms with Crippen LogP contribution in [0.5, 0.6) is 11.5 Å². The van der Waals surface area contributed by atoms with Crippen molar-refractivity contribution in [1.29, 1.82) is 0 Å². The molecule has 3 rings (SSSR count). The molecule has 0 unspecified atom stereocenters. The molecule has 0 saturated heterocycles. The van der Waals surface area contributed by atoms with Crippen LogP contribution in [0.2, 0.25) is 0 Å². The normalized spacial score (nSPS) is 16.0. The molecule has 9 heteroatoms. The predicted octanol–water partition coefficient (Wildman–Crippen LogP) is 4.60. The van der Waals surface area contributed by atoms with Crippen molar-refractivity contribution in [1.82, 2.24) is 0 Å². The molecular formula is C17H14F3NO4S. The van der Waals surface area contributed by atoms with Gasteiger partial charge in [0.1, 0.15) is 5.56 Å². The number of carbonyl (C=O) groups is 1. The molecule has 1 atom stereocenters. The van der Waals surface area contributed by atoms with E-state index in [0.717, 1.165) is 0 Å². The zero-order chi connectivity index (χ0) is 18.9. The molecule has 0 spiro atoms. The first kappa shape index (κ1) is 18.2. The lowest BCUT2D eigenvalue weighted by Gasteiger charge is -2.18. The average molecular weight is 385 g/mol. The van der Waals surface area contributed by atoms with Crippen LogP contribution in [0.15, 0.2) is 41.3 Å². The zero-order valence-corrected chi connectivity index (χ0v) is 14.5. The van der Waals surface area contributed by atoms with Gasteiger partial charge in [0.25, 0.3) is 0 Å². The largest absolute Gasteiger partial charge is 0.493 e. The van der Waals surface area contributed by atoms with Gasteiger partial charge in [-0.2, -0.15) is 13.2 Å². The molecule has 1 aliphatic heterocycles. The predicted molar refractivity (Wildman–Crippen MR) is 89.7 cm³/mol. The summed E-state index contributed by atoms with van der Waals surface area (Å²) >= 11 is -0.241. The van der Waals surface area contributed by atoms with Crippen LogP contribution in [0.25, 0.3) is 0 Å². The lowest BCUT2D eigenvalue weighted by molar-refractivity contribution is -0.0328. The minimum Gasteiger partial charge on any atom is -0.493 e. The quantitative estimate of drug-likeness (QED) is 0.600. The van der Waals surface area contributed by atoms with E-state index in [-0.39, 0.29) is 33.7 Å². The molecule has 138 valence electrons. The molecule has 5 nitrogen and oxygen atoms in total. The highest BCUT2D eigenvalue weighted by molar-refractivity contribution is 8.00. The molecule has 0 radical (unpaired) electrons. The standard InChI is InChI=1S/C17H14F3NO4S/c1-23-11-8-7-9-13(14(11)24-2)16(22)25-15(9)21-10-5-3-4-6-12(10)26-17(18,19)20/h3-8,15,21H,1-2H3/t15-/m0/s1. The van der Waals surface area contributed by atoms with Gasteiger partial charge >= 0.3 is 11.5 Å². The molecule has 2 aromatic carbocycles. The first-order chi connectivity index (χ1) is 12.3. The number of ether oxygens (including phenoxy) is 3. The highest BCUT2D eigenvalue weighted by Crippen LogP contribution is 2.44. The number of esters is 1. The molecule has 2 aromatic rings. The molecule has 0 aromatic heterocycles. The summed E-state index contributed by atoms with van der Waals surface area (Å²) in [5.41, 5.74) is -3.58. The van der Waals surface area contributed by atoms with E-state index >= 15 is 0 Å². The lowest BCUT2D eigenvalue weighted by Crippen LogP contribution is -2.11. The van der Waals surface area contributed by atoms with E-state index in [9.17, 15) is 18.0 Å². The molecule has 0 aliphatic carbocycles. The number of fused-ring (bicyclic) bond motifs is 1. The summed E-state index contributed by atoms with van der Waals surface area (Å²) in [7, 11) is 2.83. The monoisotopic (exact) mass is 385 g/mol. The number of thioether (sulfide) groups is 1. The fraction of sp³-hybridized carbons (Fsp3) is 0.235. The van der Waals surface area contributed by atoms with Crippen LogP contribution in [0, 0.1) is 0 Å². The molecular weight excluding hydrogens is 371 g/mol. The zero-order valence-electron chi connectivity index (χ0n) is 13.7. The highest BCUT2D eigenvalue weighted by Gasteiger charge is 2.37. The summed E-state index contributed by atoms with van der Waals surface area (Å²) < 4.78 is 53.9. The number of cyclic esters (lactones) is 1. The Labute approximate surface area is 151 Å². The second kappa shape index (κ2) is 6.99. The number of hydrogen-bond acceptors (Lipinski definition) is 6. The van der Waals surface area contributed by atoms with E-state index in [1.165, 1.54) is 32.4 Å². The van der Waals surface area contributed by atoms with Crippen molar-refractivity contribution >= 4 is 23.4 Å². The smallest absolute Gasteiger partial charge is 0.446 e. The third kappa shape index (κ3) is 3.52. The maximum absolute atomic E-state index is 12.7. The van der Waals surface area contributed by atoms with Crippen molar-refractivity contribution in [3.63, 3.8) is 0 Å². The summed E-state index contributed by atoms with van der Waals surface area (Å²) in [5, 5.41) is 2.85. The Balaban J connectivity index is 1.95. The Hall–Kier alpha value is -2.55. The topological polar surface area (TPSA) is 56.8 Å². The number of nitrogens with one attached hydrogen (secondary N) is 1. The van der Waals surface area contributed by atoms with Crippen LogP contribution in [0.4, 0.5) is 18.9 Å². The number of carbonyl (C=O) groups excluding carboxylic acids is 1. The Morgan fingerprint density at radius 3 is 2.50 bits per heavy atom. The number of methoxy groups -OCH3 is 2. The van der Waals surface area contributed by atoms with Crippen LogP contribution < -0.4 is 14.8 Å². The van der Waals surface area contributed by atoms with Crippen molar-refractivity contribution in [3.8, 4) is 11.5 Å². The summed E-state index contributed by atoms with van der Waals surface area (Å²) in [5.74, 6) is -0.0664. The number of alkyl halides is 3. The van der Waals surface area contributed by atoms with Gasteiger partial charge in [0.05, 0.1) is 19.9 Å². The maximum atomic E-state index is 12.7. The third-order valence-electron chi connectivity index (χ3n) is 3.69. The summed E-state index contributed by atoms with van der Waals surface area (Å²) in [6.45, 7) is 0. The van der Waals surface area contributed by atoms with Gasteiger partial charge in [0, 0.05) is 10.5 Å². The Bertz CT molecular complexity index is 841. The Kier molecular flexibility index (Phi) is 4.90. The first-order valence-electron chi connectivity index (χ1n) is 7.41. The molecule has 1 heterocycles. The molecule has 0 fully saturated rings. The van der Waals surface area contributed by atoms with Gasteiger partial charge in [-0.05, 0) is 36.0 Å². The molecule has 0 amide bonds. The van der Waals surface area contributed by atoms with Gasteiger partial charge in [0.2, 0.25) is 6.23 Å². The van der Waals surface area contributed by atoms with Gasteiger partial charge in [-0.3, -0.25) is 0 Å². The Morgan fingerprint density at radius 2 is 1.85 bits per heavy atom. The molecule has 1 N–H and O–H groups in total. The Morgan fingerprint density at radius 1 is 1.12 bits per heavy atom. The lowest BCUT2D eigenvalue weighted by atomic mass is 10.1. The van der Waals surface area contributed by atoms with Crippen LogP contribution in [-0.4, -0.2) is 25.7 Å². The number of rotatable bonds is 5. The van der Waals surface area contributed by atoms with Crippen molar-refractivity contribution in [2.45, 2.75) is 16.6 Å². The van der Waals surface area contributed by atoms with E-state index in [2.05, 4.69) is 5.32 Å². The van der Waals surface area contributed by atoms with E-state index in [0.29, 0.717) is 11.3 Å². The first-order valence-corrected chi connectivity index (χ1v) is 8.23. The van der Waals surface area contributed by atoms with E-state index in [1.807, 2.05) is 0 Å². The summed E-state index contributed by atoms with van der Waals surface area (Å²) in [6, 6.07) is 9.13. The van der Waals surface area contributed by atoms with Gasteiger partial charge in [-0.15, -0.1) is 0 Å². The number of anilines is 1. The van der Waals surface area contributed by atoms with Crippen LogP contribution in [0.3, 0.4) is 0 Å². The van der Waals surface area contributed by atoms with Gasteiger partial charge < -0.3 is 19.5 Å². The fourth-order valence-electron chi connectivity index (χ4n) is 2.65. The van der Waals surface area contributed by atoms with Crippen molar-refractivity contribution in [3.05, 3.63) is 47.5 Å². The SMILES string of the molecule is COc1ccc2c(c1OC)C(=O)O[C@@H]2Nc1ccccc1SC(F)(F)F. The number of benzene rings is 2. The van der Waals surface area contributed by atoms with Gasteiger partial charge in [-0.25, -0.2) is 4.79 Å². The number of hydrogen-bond donors (Lipinski definition) is 1. The van der Waals surface area contributed by atoms with Crippen LogP contribution >= 0.6 is 11.8 Å². The highest BCUT2D eigenvalue weighted by atomic mass is 32.2. The second-order valence-electron chi connectivity index (χ2n) is 5.24. The van der Waals surface area contributed by atoms with E-state index in [1.54, 1.807) is 18.2 Å². The van der Waals surface area contributed by atoms with Gasteiger partial charge in [0.15, 0.2) is 11.5 Å². The summed E-state index contributed by atoms with van der Waals surface area (Å²) in [6.07, 6.45) is -0.938. The van der Waals surface area contributed by atoms with Crippen LogP contribution in [-0.2, 0) is 4.74 Å². The van der Waals surface area contributed by atoms with Crippen molar-refractivity contribution in [2.24, 2.45) is 0 Å². The maximum Gasteiger partial charge on any atom is 0.446 e. The third-order valence-corrected chi connectivity index (χ3v) is 4.50. The minimum atomic E-state index is -4.43. The molecule has 0 saturated carbocycles. The molecule has 26 heavy (non-hydrogen) atoms. The molecule has 0 bridgehead atoms. The van der Waals surface area contributed by atoms with Crippen molar-refractivity contribution < 1.29 is 32.2 Å². The number of halogens is 3. The van der Waals surface area contributed by atoms with Gasteiger partial charge in [-0.1, -0.05) is 12.1 Å². The minimum absolute atomic E-state index is 0.0232. The van der Waals surface area contributed by atoms with Crippen LogP contribution in [0.1, 0.15) is 22.1 Å². The number of para-hydroxylation sites is 1. The fourth-order valence-corrected chi connectivity index (χ4v) is 3.28. The average Bonchev–Trinajstić information content (AvgIpc) is 2.90. The van der Waals surface area contributed by atoms with E-state index < -0.39 is 17.7 Å². The molecule has 1 aliphatic rings. The van der Waals surface area contributed by atoms with E-state index in [4.69, 9.17) is 14.2 Å². The second-order valence-corrected chi connectivity index (χ2v) is 6.35. The van der Waals surface area contributed by atoms with Crippen molar-refractivity contribution in [2.75, 3.05) is 19.5 Å².